The van der Waals surface area contributed by atoms with Crippen molar-refractivity contribution in [2.24, 2.45) is 35.0 Å². The van der Waals surface area contributed by atoms with E-state index in [1.807, 2.05) is 0 Å². The van der Waals surface area contributed by atoms with Gasteiger partial charge in [0.05, 0.1) is 0 Å². The number of allylic oxidation sites excluding steroid dienone is 7. The van der Waals surface area contributed by atoms with Crippen LogP contribution in [0.2, 0.25) is 0 Å². The smallest absolute Gasteiger partial charge is 0.110 e. The van der Waals surface area contributed by atoms with Crippen LogP contribution in [0.5, 0.6) is 0 Å². The third-order valence-electron chi connectivity index (χ3n) is 9.88. The second-order valence-electron chi connectivity index (χ2n) is 12.5. The molecular weight excluding hydrogens is 407 g/mol. The van der Waals surface area contributed by atoms with Gasteiger partial charge in [0, 0.05) is 0 Å². The molecule has 0 saturated heterocycles. The van der Waals surface area contributed by atoms with Crippen molar-refractivity contribution in [3.8, 4) is 0 Å². The molecule has 0 N–H and O–H groups in total. The average molecular weight is 465 g/mol. The monoisotopic (exact) mass is 464 g/mol. The highest BCUT2D eigenvalue weighted by Gasteiger charge is 2.48. The Bertz CT molecular complexity index is 730. The van der Waals surface area contributed by atoms with Crippen molar-refractivity contribution in [2.45, 2.75) is 126 Å². The molecule has 0 aromatic rings. The largest absolute Gasteiger partial charge is 0.133 e. The SMILES string of the molecule is BC1=CC(C)C(CC(CC/C(=C/C)CCC(=C)CCC/C(C)=C\C)C2(CC)CC2)CC1C(C)C. The lowest BCUT2D eigenvalue weighted by molar-refractivity contribution is 0.173. The normalized spacial score (nSPS) is 25.9. The molecule has 4 unspecified atom stereocenters. The lowest BCUT2D eigenvalue weighted by Crippen LogP contribution is -2.29. The molecule has 1 heteroatoms. The molecule has 1 fully saturated rings. The minimum atomic E-state index is 0.663. The summed E-state index contributed by atoms with van der Waals surface area (Å²) in [6.07, 6.45) is 23.3. The topological polar surface area (TPSA) is 0 Å². The maximum Gasteiger partial charge on any atom is 0.133 e. The van der Waals surface area contributed by atoms with Crippen LogP contribution in [0.4, 0.5) is 0 Å². The number of rotatable bonds is 15. The molecule has 0 radical (unpaired) electrons. The Balaban J connectivity index is 1.92. The summed E-state index contributed by atoms with van der Waals surface area (Å²) in [5.74, 6) is 4.11. The van der Waals surface area contributed by atoms with E-state index in [9.17, 15) is 0 Å². The first kappa shape index (κ1) is 29.3. The summed E-state index contributed by atoms with van der Waals surface area (Å²) >= 11 is 0. The molecule has 4 atom stereocenters. The van der Waals surface area contributed by atoms with Gasteiger partial charge in [-0.05, 0) is 126 Å². The second-order valence-corrected chi connectivity index (χ2v) is 12.5. The maximum atomic E-state index is 4.40. The third kappa shape index (κ3) is 8.60. The van der Waals surface area contributed by atoms with E-state index in [0.717, 1.165) is 29.6 Å². The fourth-order valence-corrected chi connectivity index (χ4v) is 6.76. The molecule has 2 aliphatic carbocycles. The average Bonchev–Trinajstić information content (AvgIpc) is 3.60. The van der Waals surface area contributed by atoms with Crippen molar-refractivity contribution in [1.29, 1.82) is 0 Å². The minimum Gasteiger partial charge on any atom is -0.110 e. The highest BCUT2D eigenvalue weighted by molar-refractivity contribution is 6.22. The van der Waals surface area contributed by atoms with Crippen molar-refractivity contribution in [1.82, 2.24) is 0 Å². The molecule has 34 heavy (non-hydrogen) atoms. The summed E-state index contributed by atoms with van der Waals surface area (Å²) < 4.78 is 0. The second kappa shape index (κ2) is 13.9. The van der Waals surface area contributed by atoms with Gasteiger partial charge in [-0.3, -0.25) is 0 Å². The first-order valence-electron chi connectivity index (χ1n) is 14.8. The van der Waals surface area contributed by atoms with E-state index in [1.54, 1.807) is 11.0 Å². The standard InChI is InChI=1S/C33H57B/c1-9-25(6)13-12-14-26(7)15-16-28(10-2)17-18-30(33(11-3)19-20-33)22-29-23-31(24(4)5)32(34)21-27(29)8/h9-10,21,24,27,29-31H,7,11-20,22-23,34H2,1-6,8H3/b25-9-,28-10+. The van der Waals surface area contributed by atoms with Crippen LogP contribution in [-0.4, -0.2) is 7.85 Å². The summed E-state index contributed by atoms with van der Waals surface area (Å²) in [4.78, 5) is 0. The van der Waals surface area contributed by atoms with Crippen molar-refractivity contribution in [2.75, 3.05) is 0 Å². The van der Waals surface area contributed by atoms with Gasteiger partial charge in [0.25, 0.3) is 0 Å². The van der Waals surface area contributed by atoms with Gasteiger partial charge >= 0.3 is 0 Å². The van der Waals surface area contributed by atoms with Crippen molar-refractivity contribution < 1.29 is 0 Å². The summed E-state index contributed by atoms with van der Waals surface area (Å²) in [5.41, 5.74) is 6.95. The summed E-state index contributed by atoms with van der Waals surface area (Å²) in [6.45, 7) is 20.9. The van der Waals surface area contributed by atoms with Crippen LogP contribution < -0.4 is 0 Å². The Kier molecular flexibility index (Phi) is 12.0. The van der Waals surface area contributed by atoms with Crippen LogP contribution in [0.3, 0.4) is 0 Å². The lowest BCUT2D eigenvalue weighted by atomic mass is 9.63. The maximum absolute atomic E-state index is 4.40. The molecule has 2 aliphatic rings. The Labute approximate surface area is 215 Å². The summed E-state index contributed by atoms with van der Waals surface area (Å²) in [5, 5.41) is 0. The Morgan fingerprint density at radius 2 is 1.82 bits per heavy atom. The highest BCUT2D eigenvalue weighted by Crippen LogP contribution is 2.59. The summed E-state index contributed by atoms with van der Waals surface area (Å²) in [7, 11) is 2.39. The van der Waals surface area contributed by atoms with Crippen LogP contribution >= 0.6 is 0 Å². The fourth-order valence-electron chi connectivity index (χ4n) is 6.76. The van der Waals surface area contributed by atoms with Crippen molar-refractivity contribution in [3.05, 3.63) is 47.0 Å². The van der Waals surface area contributed by atoms with Crippen LogP contribution in [0, 0.1) is 35.0 Å². The predicted octanol–water partition coefficient (Wildman–Crippen LogP) is 9.83. The van der Waals surface area contributed by atoms with E-state index in [0.29, 0.717) is 5.41 Å². The molecule has 0 spiro atoms. The molecule has 0 aromatic heterocycles. The van der Waals surface area contributed by atoms with Crippen LogP contribution in [-0.2, 0) is 0 Å². The first-order chi connectivity index (χ1) is 16.2. The van der Waals surface area contributed by atoms with Gasteiger partial charge < -0.3 is 0 Å². The van der Waals surface area contributed by atoms with Crippen molar-refractivity contribution in [3.63, 3.8) is 0 Å². The summed E-state index contributed by atoms with van der Waals surface area (Å²) in [6, 6.07) is 0. The molecule has 2 rings (SSSR count). The van der Waals surface area contributed by atoms with Gasteiger partial charge in [-0.25, -0.2) is 0 Å². The molecule has 0 amide bonds. The van der Waals surface area contributed by atoms with E-state index < -0.39 is 0 Å². The van der Waals surface area contributed by atoms with Crippen LogP contribution in [0.15, 0.2) is 47.0 Å². The van der Waals surface area contributed by atoms with E-state index in [2.05, 4.69) is 81.1 Å². The van der Waals surface area contributed by atoms with E-state index in [4.69, 9.17) is 0 Å². The Morgan fingerprint density at radius 1 is 1.12 bits per heavy atom. The zero-order chi connectivity index (χ0) is 25.3. The minimum absolute atomic E-state index is 0.663. The Hall–Kier alpha value is -0.975. The van der Waals surface area contributed by atoms with Gasteiger partial charge in [-0.15, -0.1) is 5.47 Å². The fraction of sp³-hybridized carbons (Fsp3) is 0.758. The number of hydrogen-bond donors (Lipinski definition) is 0. The zero-order valence-electron chi connectivity index (χ0n) is 24.3. The van der Waals surface area contributed by atoms with E-state index in [-0.39, 0.29) is 0 Å². The van der Waals surface area contributed by atoms with Crippen LogP contribution in [0.25, 0.3) is 0 Å². The van der Waals surface area contributed by atoms with E-state index in [1.165, 1.54) is 88.2 Å². The molecule has 0 nitrogen and oxygen atoms in total. The predicted molar refractivity (Wildman–Crippen MR) is 157 cm³/mol. The molecule has 0 aromatic carbocycles. The highest BCUT2D eigenvalue weighted by atomic mass is 14.5. The van der Waals surface area contributed by atoms with Crippen LogP contribution in [0.1, 0.15) is 126 Å². The Morgan fingerprint density at radius 3 is 2.38 bits per heavy atom. The lowest BCUT2D eigenvalue weighted by Gasteiger charge is -2.39. The molecule has 1 saturated carbocycles. The molecule has 0 aliphatic heterocycles. The third-order valence-corrected chi connectivity index (χ3v) is 9.88. The number of hydrogen-bond acceptors (Lipinski definition) is 0. The molecule has 192 valence electrons. The van der Waals surface area contributed by atoms with Crippen molar-refractivity contribution >= 4 is 7.85 Å². The van der Waals surface area contributed by atoms with E-state index >= 15 is 0 Å². The molecule has 0 heterocycles. The van der Waals surface area contributed by atoms with Gasteiger partial charge in [-0.1, -0.05) is 75.6 Å². The van der Waals surface area contributed by atoms with Gasteiger partial charge in [0.15, 0.2) is 0 Å². The molecule has 0 bridgehead atoms. The van der Waals surface area contributed by atoms with Gasteiger partial charge in [0.1, 0.15) is 7.85 Å². The molecular formula is C33H57B. The zero-order valence-corrected chi connectivity index (χ0v) is 24.3. The first-order valence-corrected chi connectivity index (χ1v) is 14.8. The quantitative estimate of drug-likeness (QED) is 0.167. The van der Waals surface area contributed by atoms with Gasteiger partial charge in [0.2, 0.25) is 0 Å². The van der Waals surface area contributed by atoms with Gasteiger partial charge in [-0.2, -0.15) is 0 Å².